The van der Waals surface area contributed by atoms with Gasteiger partial charge in [0.15, 0.2) is 0 Å². The highest BCUT2D eigenvalue weighted by molar-refractivity contribution is 7.52. The Hall–Kier alpha value is 0.0700. The summed E-state index contributed by atoms with van der Waals surface area (Å²) in [5.41, 5.74) is 0. The first-order valence-electron chi connectivity index (χ1n) is 9.34. The average Bonchev–Trinajstić information content (AvgIpc) is 2.56. The molecule has 0 aromatic rings. The molecule has 0 fully saturated rings. The maximum Gasteiger partial charge on any atom is 0.328 e. The molecule has 0 bridgehead atoms. The molecule has 0 aromatic carbocycles. The molecule has 0 spiro atoms. The maximum absolute atomic E-state index is 12.5. The van der Waals surface area contributed by atoms with E-state index in [0.29, 0.717) is 13.2 Å². The Kier molecular flexibility index (Phi) is 10.9. The molecular formula is C17H41N2O3P+2. The van der Waals surface area contributed by atoms with Gasteiger partial charge in [0.05, 0.1) is 39.3 Å². The van der Waals surface area contributed by atoms with Crippen LogP contribution in [0.2, 0.25) is 0 Å². The van der Waals surface area contributed by atoms with E-state index in [1.165, 1.54) is 0 Å². The summed E-state index contributed by atoms with van der Waals surface area (Å²) in [7, 11) is -2.95. The Morgan fingerprint density at radius 2 is 0.913 bits per heavy atom. The number of hydrogen-bond acceptors (Lipinski definition) is 3. The minimum absolute atomic E-state index is 0.499. The van der Waals surface area contributed by atoms with Gasteiger partial charge in [0, 0.05) is 6.66 Å². The summed E-state index contributed by atoms with van der Waals surface area (Å²) in [6, 6.07) is 0. The molecule has 140 valence electrons. The lowest BCUT2D eigenvalue weighted by molar-refractivity contribution is -0.923. The van der Waals surface area contributed by atoms with Crippen molar-refractivity contribution in [3.63, 3.8) is 0 Å². The molecule has 0 saturated heterocycles. The molecule has 0 rings (SSSR count). The molecule has 0 radical (unpaired) electrons. The summed E-state index contributed by atoms with van der Waals surface area (Å²) >= 11 is 0. The van der Waals surface area contributed by atoms with E-state index in [1.54, 1.807) is 6.66 Å². The molecule has 0 aromatic heterocycles. The quantitative estimate of drug-likeness (QED) is 0.354. The highest BCUT2D eigenvalue weighted by Gasteiger charge is 2.26. The number of nitrogens with zero attached hydrogens (tertiary/aromatic N) is 2. The molecule has 0 unspecified atom stereocenters. The molecule has 23 heavy (non-hydrogen) atoms. The monoisotopic (exact) mass is 352 g/mol. The summed E-state index contributed by atoms with van der Waals surface area (Å²) in [6.07, 6.45) is 0. The van der Waals surface area contributed by atoms with Crippen molar-refractivity contribution >= 4 is 7.60 Å². The van der Waals surface area contributed by atoms with Crippen LogP contribution in [0.4, 0.5) is 0 Å². The van der Waals surface area contributed by atoms with Gasteiger partial charge in [0.25, 0.3) is 0 Å². The van der Waals surface area contributed by atoms with E-state index in [0.717, 1.165) is 61.3 Å². The van der Waals surface area contributed by atoms with Gasteiger partial charge in [-0.25, -0.2) is 0 Å². The summed E-state index contributed by atoms with van der Waals surface area (Å²) in [5, 5.41) is 0. The number of likely N-dealkylation sites (N-methyl/N-ethyl adjacent to an activating group) is 2. The van der Waals surface area contributed by atoms with Crippen LogP contribution >= 0.6 is 7.60 Å². The molecule has 0 heterocycles. The van der Waals surface area contributed by atoms with Crippen LogP contribution in [0.15, 0.2) is 0 Å². The predicted octanol–water partition coefficient (Wildman–Crippen LogP) is 3.60. The highest BCUT2D eigenvalue weighted by Crippen LogP contribution is 2.43. The van der Waals surface area contributed by atoms with E-state index < -0.39 is 7.60 Å². The van der Waals surface area contributed by atoms with E-state index in [-0.39, 0.29) is 0 Å². The fourth-order valence-corrected chi connectivity index (χ4v) is 4.03. The third-order valence-electron chi connectivity index (χ3n) is 5.81. The van der Waals surface area contributed by atoms with Gasteiger partial charge < -0.3 is 18.0 Å². The van der Waals surface area contributed by atoms with Crippen LogP contribution in [0.25, 0.3) is 0 Å². The molecule has 0 aliphatic rings. The van der Waals surface area contributed by atoms with Gasteiger partial charge in [0.1, 0.15) is 26.3 Å². The zero-order valence-corrected chi connectivity index (χ0v) is 17.5. The zero-order chi connectivity index (χ0) is 18.0. The highest BCUT2D eigenvalue weighted by atomic mass is 31.2. The molecule has 5 nitrogen and oxygen atoms in total. The number of rotatable bonds is 14. The second-order valence-electron chi connectivity index (χ2n) is 6.47. The topological polar surface area (TPSA) is 35.5 Å². The Morgan fingerprint density at radius 1 is 0.652 bits per heavy atom. The van der Waals surface area contributed by atoms with E-state index >= 15 is 0 Å². The Balaban J connectivity index is 4.32. The van der Waals surface area contributed by atoms with Gasteiger partial charge in [-0.15, -0.1) is 0 Å². The molecule has 0 atom stereocenters. The minimum atomic E-state index is -2.95. The first kappa shape index (κ1) is 23.1. The number of quaternary nitrogens is 2. The van der Waals surface area contributed by atoms with E-state index in [2.05, 4.69) is 41.5 Å². The van der Waals surface area contributed by atoms with Crippen molar-refractivity contribution < 1.29 is 22.6 Å². The SMILES string of the molecule is CC[N+](CC)(CC)CCOP(C)(=O)OCC[N+](CC)(CC)CC. The van der Waals surface area contributed by atoms with Crippen molar-refractivity contribution in [1.29, 1.82) is 0 Å². The van der Waals surface area contributed by atoms with Crippen LogP contribution in [0.1, 0.15) is 41.5 Å². The molecule has 0 aliphatic carbocycles. The molecule has 6 heteroatoms. The van der Waals surface area contributed by atoms with Gasteiger partial charge in [-0.05, 0) is 41.5 Å². The molecule has 0 saturated carbocycles. The lowest BCUT2D eigenvalue weighted by Gasteiger charge is -2.36. The average molecular weight is 353 g/mol. The zero-order valence-electron chi connectivity index (χ0n) is 16.6. The maximum atomic E-state index is 12.5. The van der Waals surface area contributed by atoms with Crippen LogP contribution in [0.3, 0.4) is 0 Å². The van der Waals surface area contributed by atoms with E-state index in [9.17, 15) is 4.57 Å². The third-order valence-corrected chi connectivity index (χ3v) is 7.11. The first-order valence-corrected chi connectivity index (χ1v) is 11.3. The fraction of sp³-hybridized carbons (Fsp3) is 1.00. The van der Waals surface area contributed by atoms with Crippen LogP contribution < -0.4 is 0 Å². The van der Waals surface area contributed by atoms with Crippen LogP contribution in [-0.4, -0.2) is 81.2 Å². The summed E-state index contributed by atoms with van der Waals surface area (Å²) in [5.74, 6) is 0. The molecular weight excluding hydrogens is 311 g/mol. The Morgan fingerprint density at radius 3 is 1.13 bits per heavy atom. The van der Waals surface area contributed by atoms with Gasteiger partial charge in [-0.3, -0.25) is 4.57 Å². The lowest BCUT2D eigenvalue weighted by atomic mass is 10.3. The van der Waals surface area contributed by atoms with Gasteiger partial charge >= 0.3 is 7.60 Å². The van der Waals surface area contributed by atoms with Crippen LogP contribution in [0.5, 0.6) is 0 Å². The molecule has 0 amide bonds. The van der Waals surface area contributed by atoms with Crippen molar-refractivity contribution in [2.45, 2.75) is 41.5 Å². The Labute approximate surface area is 144 Å². The van der Waals surface area contributed by atoms with Crippen molar-refractivity contribution in [3.8, 4) is 0 Å². The molecule has 0 aliphatic heterocycles. The van der Waals surface area contributed by atoms with Crippen LogP contribution in [0, 0.1) is 0 Å². The fourth-order valence-electron chi connectivity index (χ4n) is 3.13. The summed E-state index contributed by atoms with van der Waals surface area (Å²) < 4.78 is 25.7. The van der Waals surface area contributed by atoms with Gasteiger partial charge in [0.2, 0.25) is 0 Å². The van der Waals surface area contributed by atoms with E-state index in [1.807, 2.05) is 0 Å². The normalized spacial score (nSPS) is 13.5. The number of hydrogen-bond donors (Lipinski definition) is 0. The second-order valence-corrected chi connectivity index (χ2v) is 8.52. The van der Waals surface area contributed by atoms with E-state index in [4.69, 9.17) is 9.05 Å². The summed E-state index contributed by atoms with van der Waals surface area (Å²) in [4.78, 5) is 0. The van der Waals surface area contributed by atoms with Crippen molar-refractivity contribution in [1.82, 2.24) is 0 Å². The van der Waals surface area contributed by atoms with Crippen molar-refractivity contribution in [2.24, 2.45) is 0 Å². The minimum Gasteiger partial charge on any atom is -0.322 e. The Bertz CT molecular complexity index is 309. The smallest absolute Gasteiger partial charge is 0.322 e. The lowest BCUT2D eigenvalue weighted by Crippen LogP contribution is -2.49. The predicted molar refractivity (Wildman–Crippen MR) is 98.9 cm³/mol. The van der Waals surface area contributed by atoms with Crippen LogP contribution in [-0.2, 0) is 13.6 Å². The molecule has 0 N–H and O–H groups in total. The van der Waals surface area contributed by atoms with Crippen molar-refractivity contribution in [3.05, 3.63) is 0 Å². The summed E-state index contributed by atoms with van der Waals surface area (Å²) in [6.45, 7) is 24.1. The van der Waals surface area contributed by atoms with Gasteiger partial charge in [-0.1, -0.05) is 0 Å². The third kappa shape index (κ3) is 7.66. The standard InChI is InChI=1S/C17H41N2O3P/c1-8-18(9-2,10-3)14-16-21-23(7,20)22-17-15-19(11-4,12-5)13-6/h8-17H2,1-7H3/q+2. The van der Waals surface area contributed by atoms with Crippen molar-refractivity contribution in [2.75, 3.05) is 72.2 Å². The second kappa shape index (κ2) is 10.8. The van der Waals surface area contributed by atoms with Gasteiger partial charge in [-0.2, -0.15) is 0 Å². The largest absolute Gasteiger partial charge is 0.328 e. The first-order chi connectivity index (χ1) is 10.8.